The molecule has 0 aliphatic heterocycles. The van der Waals surface area contributed by atoms with Crippen LogP contribution < -0.4 is 25.4 Å². The van der Waals surface area contributed by atoms with Gasteiger partial charge in [-0.25, -0.2) is 0 Å². The van der Waals surface area contributed by atoms with Crippen LogP contribution in [-0.2, 0) is 16.2 Å². The number of thioether (sulfide) groups is 1. The van der Waals surface area contributed by atoms with Gasteiger partial charge in [0, 0.05) is 21.2 Å². The summed E-state index contributed by atoms with van der Waals surface area (Å²) >= 11 is 7.39. The number of anilines is 2. The fourth-order valence-electron chi connectivity index (χ4n) is 4.46. The van der Waals surface area contributed by atoms with Gasteiger partial charge in [-0.2, -0.15) is 0 Å². The third-order valence-electron chi connectivity index (χ3n) is 6.89. The van der Waals surface area contributed by atoms with Gasteiger partial charge in [0.2, 0.25) is 5.91 Å². The van der Waals surface area contributed by atoms with Gasteiger partial charge < -0.3 is 25.4 Å². The van der Waals surface area contributed by atoms with Crippen molar-refractivity contribution in [2.75, 3.05) is 23.5 Å². The van der Waals surface area contributed by atoms with E-state index in [-0.39, 0.29) is 17.4 Å². The summed E-state index contributed by atoms with van der Waals surface area (Å²) < 4.78 is 11.2. The van der Waals surface area contributed by atoms with Crippen molar-refractivity contribution < 1.29 is 23.9 Å². The molecule has 0 radical (unpaired) electrons. The molecule has 48 heavy (non-hydrogen) atoms. The minimum Gasteiger partial charge on any atom is -0.495 e. The lowest BCUT2D eigenvalue weighted by molar-refractivity contribution is -0.114. The summed E-state index contributed by atoms with van der Waals surface area (Å²) in [6.45, 7) is 0.430. The van der Waals surface area contributed by atoms with Crippen LogP contribution in [0.1, 0.15) is 21.5 Å². The van der Waals surface area contributed by atoms with Crippen LogP contribution in [-0.4, -0.2) is 30.6 Å². The Labute approximate surface area is 288 Å². The number of carbonyl (C=O) groups is 3. The molecular formula is C38H32ClN3O5S. The van der Waals surface area contributed by atoms with Gasteiger partial charge in [0.05, 0.1) is 18.6 Å². The third kappa shape index (κ3) is 9.99. The zero-order chi connectivity index (χ0) is 33.7. The van der Waals surface area contributed by atoms with Crippen molar-refractivity contribution in [2.45, 2.75) is 11.5 Å². The van der Waals surface area contributed by atoms with Crippen LogP contribution in [0.15, 0.2) is 138 Å². The number of benzene rings is 5. The van der Waals surface area contributed by atoms with Gasteiger partial charge in [0.15, 0.2) is 0 Å². The van der Waals surface area contributed by atoms with E-state index in [9.17, 15) is 14.4 Å². The summed E-state index contributed by atoms with van der Waals surface area (Å²) in [5.74, 6) is 0.193. The highest BCUT2D eigenvalue weighted by Gasteiger charge is 2.16. The largest absolute Gasteiger partial charge is 0.495 e. The molecule has 0 atom stereocenters. The monoisotopic (exact) mass is 677 g/mol. The number of rotatable bonds is 13. The smallest absolute Gasteiger partial charge is 0.272 e. The molecule has 8 nitrogen and oxygen atoms in total. The minimum atomic E-state index is -0.501. The minimum absolute atomic E-state index is 0.0633. The number of carbonyl (C=O) groups excluding carboxylic acids is 3. The maximum absolute atomic E-state index is 13.5. The van der Waals surface area contributed by atoms with Crippen LogP contribution in [0.3, 0.4) is 0 Å². The third-order valence-corrected chi connectivity index (χ3v) is 8.13. The molecule has 3 N–H and O–H groups in total. The quantitative estimate of drug-likeness (QED) is 0.0860. The Balaban J connectivity index is 1.23. The lowest BCUT2D eigenvalue weighted by Crippen LogP contribution is -2.30. The van der Waals surface area contributed by atoms with Crippen molar-refractivity contribution in [1.29, 1.82) is 0 Å². The Morgan fingerprint density at radius 1 is 0.792 bits per heavy atom. The van der Waals surface area contributed by atoms with Gasteiger partial charge >= 0.3 is 0 Å². The van der Waals surface area contributed by atoms with Gasteiger partial charge in [-0.3, -0.25) is 14.4 Å². The van der Waals surface area contributed by atoms with Crippen molar-refractivity contribution in [1.82, 2.24) is 5.32 Å². The molecule has 0 bridgehead atoms. The highest BCUT2D eigenvalue weighted by molar-refractivity contribution is 8.00. The first kappa shape index (κ1) is 33.8. The number of hydrogen-bond acceptors (Lipinski definition) is 6. The second-order valence-electron chi connectivity index (χ2n) is 10.4. The second kappa shape index (κ2) is 16.9. The molecule has 3 amide bonds. The fourth-order valence-corrected chi connectivity index (χ4v) is 5.33. The Morgan fingerprint density at radius 3 is 2.17 bits per heavy atom. The summed E-state index contributed by atoms with van der Waals surface area (Å²) in [6.07, 6.45) is 1.61. The highest BCUT2D eigenvalue weighted by atomic mass is 35.5. The van der Waals surface area contributed by atoms with Crippen molar-refractivity contribution in [3.63, 3.8) is 0 Å². The predicted octanol–water partition coefficient (Wildman–Crippen LogP) is 8.07. The fraction of sp³-hybridized carbons (Fsp3) is 0.0789. The normalized spacial score (nSPS) is 10.9. The molecule has 0 heterocycles. The van der Waals surface area contributed by atoms with E-state index >= 15 is 0 Å². The van der Waals surface area contributed by atoms with E-state index in [2.05, 4.69) is 16.0 Å². The molecular weight excluding hydrogens is 646 g/mol. The molecule has 5 aromatic carbocycles. The molecule has 0 fully saturated rings. The average Bonchev–Trinajstić information content (AvgIpc) is 3.11. The number of hydrogen-bond donors (Lipinski definition) is 3. The lowest BCUT2D eigenvalue weighted by Gasteiger charge is -2.12. The summed E-state index contributed by atoms with van der Waals surface area (Å²) in [4.78, 5) is 39.9. The SMILES string of the molecule is COc1ccc(Cl)cc1NC(=O)CSc1ccc(NC(=O)/C(=C/c2ccc(OCc3ccccc3)cc2)NC(=O)c2ccccc2)cc1. The molecule has 242 valence electrons. The molecule has 0 saturated heterocycles. The predicted molar refractivity (Wildman–Crippen MR) is 192 cm³/mol. The van der Waals surface area contributed by atoms with Gasteiger partial charge in [-0.15, -0.1) is 11.8 Å². The van der Waals surface area contributed by atoms with E-state index in [1.807, 2.05) is 60.7 Å². The first-order valence-electron chi connectivity index (χ1n) is 14.9. The number of amides is 3. The summed E-state index contributed by atoms with van der Waals surface area (Å²) in [5.41, 5.74) is 3.23. The zero-order valence-corrected chi connectivity index (χ0v) is 27.5. The van der Waals surface area contributed by atoms with Crippen molar-refractivity contribution >= 4 is 58.5 Å². The van der Waals surface area contributed by atoms with Crippen LogP contribution >= 0.6 is 23.4 Å². The zero-order valence-electron chi connectivity index (χ0n) is 25.9. The number of halogens is 1. The van der Waals surface area contributed by atoms with Gasteiger partial charge in [-0.1, -0.05) is 72.3 Å². The molecule has 0 aliphatic carbocycles. The van der Waals surface area contributed by atoms with Gasteiger partial charge in [-0.05, 0) is 83.9 Å². The van der Waals surface area contributed by atoms with Crippen molar-refractivity contribution in [3.8, 4) is 11.5 Å². The van der Waals surface area contributed by atoms with Crippen LogP contribution in [0.5, 0.6) is 11.5 Å². The first-order valence-corrected chi connectivity index (χ1v) is 16.2. The van der Waals surface area contributed by atoms with Crippen LogP contribution in [0, 0.1) is 0 Å². The Morgan fingerprint density at radius 2 is 1.48 bits per heavy atom. The molecule has 0 aliphatic rings. The van der Waals surface area contributed by atoms with E-state index in [0.29, 0.717) is 45.6 Å². The van der Waals surface area contributed by atoms with Crippen molar-refractivity contribution in [3.05, 3.63) is 155 Å². The van der Waals surface area contributed by atoms with Crippen LogP contribution in [0.4, 0.5) is 11.4 Å². The van der Waals surface area contributed by atoms with E-state index in [0.717, 1.165) is 10.5 Å². The highest BCUT2D eigenvalue weighted by Crippen LogP contribution is 2.28. The van der Waals surface area contributed by atoms with E-state index in [1.54, 1.807) is 72.8 Å². The number of methoxy groups -OCH3 is 1. The summed E-state index contributed by atoms with van der Waals surface area (Å²) in [5, 5.41) is 8.90. The van der Waals surface area contributed by atoms with E-state index < -0.39 is 11.8 Å². The molecule has 5 aromatic rings. The van der Waals surface area contributed by atoms with Gasteiger partial charge in [0.1, 0.15) is 23.8 Å². The van der Waals surface area contributed by atoms with Gasteiger partial charge in [0.25, 0.3) is 11.8 Å². The molecule has 10 heteroatoms. The number of nitrogens with one attached hydrogen (secondary N) is 3. The maximum atomic E-state index is 13.5. The Hall–Kier alpha value is -5.51. The maximum Gasteiger partial charge on any atom is 0.272 e. The van der Waals surface area contributed by atoms with Crippen LogP contribution in [0.25, 0.3) is 6.08 Å². The van der Waals surface area contributed by atoms with Crippen LogP contribution in [0.2, 0.25) is 5.02 Å². The molecule has 0 unspecified atom stereocenters. The molecule has 5 rings (SSSR count). The molecule has 0 saturated carbocycles. The standard InChI is InChI=1S/C38H32ClN3O5S/c1-46-35-21-14-29(39)23-33(35)41-36(43)25-48-32-19-15-30(16-20-32)40-38(45)34(42-37(44)28-10-6-3-7-11-28)22-26-12-17-31(18-13-26)47-24-27-8-4-2-5-9-27/h2-23H,24-25H2,1H3,(H,40,45)(H,41,43)(H,42,44)/b34-22-. The Bertz CT molecular complexity index is 1880. The van der Waals surface area contributed by atoms with E-state index in [1.165, 1.54) is 18.9 Å². The topological polar surface area (TPSA) is 106 Å². The van der Waals surface area contributed by atoms with Crippen molar-refractivity contribution in [2.24, 2.45) is 0 Å². The number of ether oxygens (including phenoxy) is 2. The second-order valence-corrected chi connectivity index (χ2v) is 11.9. The lowest BCUT2D eigenvalue weighted by atomic mass is 10.1. The average molecular weight is 678 g/mol. The molecule has 0 aromatic heterocycles. The molecule has 0 spiro atoms. The Kier molecular flexibility index (Phi) is 11.9. The summed E-state index contributed by atoms with van der Waals surface area (Å²) in [6, 6.07) is 37.8. The van der Waals surface area contributed by atoms with E-state index in [4.69, 9.17) is 21.1 Å². The first-order chi connectivity index (χ1) is 23.4. The summed E-state index contributed by atoms with van der Waals surface area (Å²) in [7, 11) is 1.52.